The molecule has 0 aromatic heterocycles. The molecule has 2 amide bonds. The topological polar surface area (TPSA) is 137 Å². The van der Waals surface area contributed by atoms with Gasteiger partial charge in [0.05, 0.1) is 10.5 Å². The fourth-order valence-electron chi connectivity index (χ4n) is 2.29. The van der Waals surface area contributed by atoms with Crippen LogP contribution in [-0.4, -0.2) is 35.1 Å². The molecule has 2 N–H and O–H groups in total. The van der Waals surface area contributed by atoms with Crippen LogP contribution in [0.25, 0.3) is 0 Å². The highest BCUT2D eigenvalue weighted by Gasteiger charge is 2.18. The zero-order valence-electron chi connectivity index (χ0n) is 16.9. The minimum atomic E-state index is -1.05. The number of carbonyl (C=O) groups is 3. The minimum Gasteiger partial charge on any atom is -0.452 e. The van der Waals surface area contributed by atoms with Crippen LogP contribution in [0.2, 0.25) is 0 Å². The van der Waals surface area contributed by atoms with Gasteiger partial charge in [0.2, 0.25) is 5.82 Å². The zero-order chi connectivity index (χ0) is 23.2. The van der Waals surface area contributed by atoms with Crippen LogP contribution in [0.3, 0.4) is 0 Å². The van der Waals surface area contributed by atoms with E-state index in [1.165, 1.54) is 24.3 Å². The number of esters is 1. The van der Waals surface area contributed by atoms with Gasteiger partial charge in [-0.25, -0.2) is 9.59 Å². The second kappa shape index (κ2) is 9.65. The van der Waals surface area contributed by atoms with Crippen molar-refractivity contribution in [1.82, 2.24) is 0 Å². The van der Waals surface area contributed by atoms with Crippen LogP contribution in [0.5, 0.6) is 0 Å². The SMILES string of the molecule is CC(C)(C)OC(=O)Nc1cccc(C(=O)OCC(=O)Nc2ccc(F)c([N+](=O)[O-])c2)c1. The molecule has 0 saturated carbocycles. The summed E-state index contributed by atoms with van der Waals surface area (Å²) in [6.45, 7) is 4.43. The molecule has 10 nitrogen and oxygen atoms in total. The van der Waals surface area contributed by atoms with Gasteiger partial charge in [-0.05, 0) is 51.1 Å². The van der Waals surface area contributed by atoms with Crippen molar-refractivity contribution in [3.8, 4) is 0 Å². The number of amides is 2. The molecule has 2 aromatic rings. The van der Waals surface area contributed by atoms with Gasteiger partial charge in [0, 0.05) is 17.4 Å². The predicted octanol–water partition coefficient (Wildman–Crippen LogP) is 3.88. The fourth-order valence-corrected chi connectivity index (χ4v) is 2.29. The number of nitrogens with one attached hydrogen (secondary N) is 2. The number of ether oxygens (including phenoxy) is 2. The Balaban J connectivity index is 1.94. The minimum absolute atomic E-state index is 0.0299. The van der Waals surface area contributed by atoms with Crippen molar-refractivity contribution in [2.45, 2.75) is 26.4 Å². The predicted molar refractivity (Wildman–Crippen MR) is 108 cm³/mol. The lowest BCUT2D eigenvalue weighted by Crippen LogP contribution is -2.27. The van der Waals surface area contributed by atoms with Crippen LogP contribution in [0.15, 0.2) is 42.5 Å². The number of nitro groups is 1. The van der Waals surface area contributed by atoms with Gasteiger partial charge in [-0.3, -0.25) is 20.2 Å². The highest BCUT2D eigenvalue weighted by Crippen LogP contribution is 2.21. The first-order valence-electron chi connectivity index (χ1n) is 8.95. The molecule has 0 spiro atoms. The Morgan fingerprint density at radius 1 is 1.06 bits per heavy atom. The third-order valence-electron chi connectivity index (χ3n) is 3.50. The Morgan fingerprint density at radius 3 is 2.39 bits per heavy atom. The van der Waals surface area contributed by atoms with Crippen molar-refractivity contribution < 1.29 is 33.2 Å². The highest BCUT2D eigenvalue weighted by molar-refractivity contribution is 5.96. The molecule has 0 aliphatic rings. The van der Waals surface area contributed by atoms with Crippen LogP contribution >= 0.6 is 0 Å². The second-order valence-electron chi connectivity index (χ2n) is 7.26. The summed E-state index contributed by atoms with van der Waals surface area (Å²) in [6.07, 6.45) is -0.703. The van der Waals surface area contributed by atoms with Gasteiger partial charge >= 0.3 is 17.7 Å². The van der Waals surface area contributed by atoms with E-state index in [0.29, 0.717) is 0 Å². The Morgan fingerprint density at radius 2 is 1.74 bits per heavy atom. The second-order valence-corrected chi connectivity index (χ2v) is 7.26. The molecule has 0 saturated heterocycles. The monoisotopic (exact) mass is 433 g/mol. The van der Waals surface area contributed by atoms with Gasteiger partial charge in [0.15, 0.2) is 6.61 Å². The molecule has 0 aliphatic carbocycles. The Hall–Kier alpha value is -4.02. The summed E-state index contributed by atoms with van der Waals surface area (Å²) in [5.41, 5.74) is -1.17. The molecule has 2 rings (SSSR count). The third kappa shape index (κ3) is 7.38. The molecular weight excluding hydrogens is 413 g/mol. The lowest BCUT2D eigenvalue weighted by Gasteiger charge is -2.19. The number of benzene rings is 2. The van der Waals surface area contributed by atoms with Gasteiger partial charge < -0.3 is 14.8 Å². The summed E-state index contributed by atoms with van der Waals surface area (Å²) in [5, 5.41) is 15.5. The smallest absolute Gasteiger partial charge is 0.412 e. The maximum absolute atomic E-state index is 13.3. The van der Waals surface area contributed by atoms with E-state index < -0.39 is 46.6 Å². The first kappa shape index (κ1) is 23.3. The molecule has 0 heterocycles. The van der Waals surface area contributed by atoms with Crippen LogP contribution in [0.4, 0.5) is 26.2 Å². The number of rotatable bonds is 6. The fraction of sp³-hybridized carbons (Fsp3) is 0.250. The van der Waals surface area contributed by atoms with Crippen molar-refractivity contribution in [2.24, 2.45) is 0 Å². The van der Waals surface area contributed by atoms with Crippen molar-refractivity contribution >= 4 is 35.0 Å². The maximum atomic E-state index is 13.3. The Bertz CT molecular complexity index is 1020. The molecule has 0 bridgehead atoms. The molecule has 0 unspecified atom stereocenters. The van der Waals surface area contributed by atoms with E-state index in [2.05, 4.69) is 10.6 Å². The van der Waals surface area contributed by atoms with Crippen molar-refractivity contribution in [1.29, 1.82) is 0 Å². The normalized spacial score (nSPS) is 10.7. The highest BCUT2D eigenvalue weighted by atomic mass is 19.1. The lowest BCUT2D eigenvalue weighted by molar-refractivity contribution is -0.387. The van der Waals surface area contributed by atoms with Gasteiger partial charge in [0.1, 0.15) is 5.60 Å². The quantitative estimate of drug-likeness (QED) is 0.401. The number of carbonyl (C=O) groups excluding carboxylic acids is 3. The van der Waals surface area contributed by atoms with Crippen LogP contribution in [0.1, 0.15) is 31.1 Å². The van der Waals surface area contributed by atoms with Gasteiger partial charge in [-0.1, -0.05) is 6.07 Å². The molecule has 2 aromatic carbocycles. The molecule has 0 radical (unpaired) electrons. The lowest BCUT2D eigenvalue weighted by atomic mass is 10.2. The van der Waals surface area contributed by atoms with E-state index in [-0.39, 0.29) is 16.9 Å². The van der Waals surface area contributed by atoms with Crippen molar-refractivity contribution in [2.75, 3.05) is 17.2 Å². The number of hydrogen-bond acceptors (Lipinski definition) is 7. The summed E-state index contributed by atoms with van der Waals surface area (Å²) in [7, 11) is 0. The standard InChI is InChI=1S/C20H20FN3O7/c1-20(2,3)31-19(27)23-13-6-4-5-12(9-13)18(26)30-11-17(25)22-14-7-8-15(21)16(10-14)24(28)29/h4-10H,11H2,1-3H3,(H,22,25)(H,23,27). The first-order valence-corrected chi connectivity index (χ1v) is 8.95. The summed E-state index contributed by atoms with van der Waals surface area (Å²) in [6, 6.07) is 8.62. The molecule has 0 fully saturated rings. The number of anilines is 2. The number of nitro benzene ring substituents is 1. The molecule has 11 heteroatoms. The summed E-state index contributed by atoms with van der Waals surface area (Å²) < 4.78 is 23.4. The van der Waals surface area contributed by atoms with Crippen LogP contribution in [-0.2, 0) is 14.3 Å². The van der Waals surface area contributed by atoms with Gasteiger partial charge in [0.25, 0.3) is 5.91 Å². The first-order chi connectivity index (χ1) is 14.4. The van der Waals surface area contributed by atoms with E-state index in [0.717, 1.165) is 18.2 Å². The van der Waals surface area contributed by atoms with Crippen LogP contribution in [0, 0.1) is 15.9 Å². The largest absolute Gasteiger partial charge is 0.452 e. The molecular formula is C20H20FN3O7. The molecule has 31 heavy (non-hydrogen) atoms. The van der Waals surface area contributed by atoms with Crippen LogP contribution < -0.4 is 10.6 Å². The number of halogens is 1. The summed E-state index contributed by atoms with van der Waals surface area (Å²) in [5.74, 6) is -2.67. The van der Waals surface area contributed by atoms with Crippen molar-refractivity contribution in [3.05, 3.63) is 64.0 Å². The Kier molecular flexibility index (Phi) is 7.24. The summed E-state index contributed by atoms with van der Waals surface area (Å²) in [4.78, 5) is 45.7. The average Bonchev–Trinajstić information content (AvgIpc) is 2.66. The number of nitrogens with zero attached hydrogens (tertiary/aromatic N) is 1. The number of hydrogen-bond donors (Lipinski definition) is 2. The zero-order valence-corrected chi connectivity index (χ0v) is 16.9. The Labute approximate surface area is 176 Å². The van der Waals surface area contributed by atoms with E-state index in [1.54, 1.807) is 20.8 Å². The van der Waals surface area contributed by atoms with E-state index in [4.69, 9.17) is 9.47 Å². The van der Waals surface area contributed by atoms with Crippen molar-refractivity contribution in [3.63, 3.8) is 0 Å². The maximum Gasteiger partial charge on any atom is 0.412 e. The van der Waals surface area contributed by atoms with Gasteiger partial charge in [-0.2, -0.15) is 4.39 Å². The third-order valence-corrected chi connectivity index (χ3v) is 3.50. The molecule has 0 atom stereocenters. The molecule has 0 aliphatic heterocycles. The van der Waals surface area contributed by atoms with Gasteiger partial charge in [-0.15, -0.1) is 0 Å². The summed E-state index contributed by atoms with van der Waals surface area (Å²) >= 11 is 0. The average molecular weight is 433 g/mol. The van der Waals surface area contributed by atoms with E-state index in [9.17, 15) is 28.9 Å². The van der Waals surface area contributed by atoms with E-state index in [1.807, 2.05) is 0 Å². The van der Waals surface area contributed by atoms with E-state index >= 15 is 0 Å². The molecule has 164 valence electrons.